The van der Waals surface area contributed by atoms with E-state index in [1.165, 1.54) is 18.2 Å². The van der Waals surface area contributed by atoms with Gasteiger partial charge in [0.05, 0.1) is 40.8 Å². The fourth-order valence-corrected chi connectivity index (χ4v) is 5.62. The van der Waals surface area contributed by atoms with Gasteiger partial charge in [0.25, 0.3) is 0 Å². The molecule has 0 spiro atoms. The largest absolute Gasteiger partial charge is 0.494 e. The number of hydrogen-bond acceptors (Lipinski definition) is 4. The predicted molar refractivity (Wildman–Crippen MR) is 172 cm³/mol. The molecule has 0 aliphatic heterocycles. The van der Waals surface area contributed by atoms with Gasteiger partial charge in [-0.3, -0.25) is 9.98 Å². The maximum Gasteiger partial charge on any atom is 0.145 e. The Kier molecular flexibility index (Phi) is 9.56. The number of benzene rings is 3. The zero-order valence-electron chi connectivity index (χ0n) is 24.7. The molecular formula is C35H30Cl2F3N3O. The van der Waals surface area contributed by atoms with E-state index >= 15 is 4.39 Å². The molecule has 0 aliphatic rings. The van der Waals surface area contributed by atoms with Crippen LogP contribution in [0.2, 0.25) is 10.0 Å². The lowest BCUT2D eigenvalue weighted by Crippen LogP contribution is -2.11. The second-order valence-electron chi connectivity index (χ2n) is 10.6. The fourth-order valence-electron chi connectivity index (χ4n) is 5.30. The summed E-state index contributed by atoms with van der Waals surface area (Å²) in [4.78, 5) is 14.3. The molecule has 2 aromatic heterocycles. The number of rotatable bonds is 9. The van der Waals surface area contributed by atoms with Crippen molar-refractivity contribution in [3.63, 3.8) is 0 Å². The summed E-state index contributed by atoms with van der Waals surface area (Å²) in [5.74, 6) is -1.77. The van der Waals surface area contributed by atoms with E-state index in [0.717, 1.165) is 40.1 Å². The molecule has 4 nitrogen and oxygen atoms in total. The molecule has 5 aromatic rings. The van der Waals surface area contributed by atoms with Gasteiger partial charge in [-0.25, -0.2) is 18.2 Å². The maximum atomic E-state index is 15.2. The van der Waals surface area contributed by atoms with E-state index in [2.05, 4.69) is 4.98 Å². The first-order valence-corrected chi connectivity index (χ1v) is 14.9. The Labute approximate surface area is 264 Å². The minimum absolute atomic E-state index is 0.122. The van der Waals surface area contributed by atoms with Crippen LogP contribution in [0.15, 0.2) is 65.7 Å². The standard InChI is InChI=1S/C35H30Cl2F3N3O/c1-5-6-25-19(2)11-32(43-35(25)26-15-29(37)31(40)16-30(26)39)27(22-7-9-24(38)10-8-22)18-41-17-21-12-23-14-28(36)20(3)42-34(23)33(13-21)44-4/h7-17,27H,5-6,18H2,1-4H3. The van der Waals surface area contributed by atoms with E-state index in [-0.39, 0.29) is 22.9 Å². The Morgan fingerprint density at radius 3 is 2.36 bits per heavy atom. The molecule has 5 rings (SSSR count). The summed E-state index contributed by atoms with van der Waals surface area (Å²) in [7, 11) is 1.58. The molecule has 9 heteroatoms. The minimum atomic E-state index is -0.838. The Balaban J connectivity index is 1.60. The quantitative estimate of drug-likeness (QED) is 0.120. The van der Waals surface area contributed by atoms with Gasteiger partial charge < -0.3 is 4.74 Å². The number of aliphatic imine (C=N–C) groups is 1. The van der Waals surface area contributed by atoms with Crippen molar-refractivity contribution in [2.75, 3.05) is 13.7 Å². The van der Waals surface area contributed by atoms with Crippen molar-refractivity contribution in [2.24, 2.45) is 4.99 Å². The van der Waals surface area contributed by atoms with E-state index in [0.29, 0.717) is 39.8 Å². The van der Waals surface area contributed by atoms with E-state index < -0.39 is 17.6 Å². The van der Waals surface area contributed by atoms with Crippen LogP contribution in [-0.2, 0) is 6.42 Å². The lowest BCUT2D eigenvalue weighted by Gasteiger charge is -2.20. The Bertz CT molecular complexity index is 1880. The summed E-state index contributed by atoms with van der Waals surface area (Å²) in [6, 6.07) is 15.8. The third-order valence-corrected chi connectivity index (χ3v) is 8.22. The molecule has 3 aromatic carbocycles. The topological polar surface area (TPSA) is 47.4 Å². The SMILES string of the molecule is CCCc1c(C)cc(C(CN=Cc2cc(OC)c3nc(C)c(Cl)cc3c2)c2ccc(F)cc2)nc1-c1cc(Cl)c(F)cc1F. The summed E-state index contributed by atoms with van der Waals surface area (Å²) < 4.78 is 48.7. The number of aryl methyl sites for hydroxylation is 2. The number of halogens is 5. The molecular weight excluding hydrogens is 606 g/mol. The van der Waals surface area contributed by atoms with Crippen LogP contribution in [0.3, 0.4) is 0 Å². The van der Waals surface area contributed by atoms with Gasteiger partial charge in [0, 0.05) is 29.1 Å². The Morgan fingerprint density at radius 2 is 1.66 bits per heavy atom. The zero-order valence-corrected chi connectivity index (χ0v) is 26.2. The Morgan fingerprint density at radius 1 is 0.909 bits per heavy atom. The van der Waals surface area contributed by atoms with E-state index in [4.69, 9.17) is 37.9 Å². The zero-order chi connectivity index (χ0) is 31.5. The van der Waals surface area contributed by atoms with Crippen LogP contribution in [0.25, 0.3) is 22.2 Å². The Hall–Kier alpha value is -3.94. The first-order valence-electron chi connectivity index (χ1n) is 14.1. The van der Waals surface area contributed by atoms with Crippen molar-refractivity contribution in [3.05, 3.63) is 122 Å². The van der Waals surface area contributed by atoms with Crippen LogP contribution in [-0.4, -0.2) is 29.8 Å². The van der Waals surface area contributed by atoms with E-state index in [1.54, 1.807) is 25.5 Å². The molecule has 0 bridgehead atoms. The van der Waals surface area contributed by atoms with Crippen LogP contribution in [0.5, 0.6) is 5.75 Å². The van der Waals surface area contributed by atoms with Crippen LogP contribution < -0.4 is 4.74 Å². The highest BCUT2D eigenvalue weighted by Crippen LogP contribution is 2.35. The summed E-state index contributed by atoms with van der Waals surface area (Å²) >= 11 is 12.4. The van der Waals surface area contributed by atoms with Gasteiger partial charge in [-0.1, -0.05) is 48.7 Å². The normalized spacial score (nSPS) is 12.3. The highest BCUT2D eigenvalue weighted by molar-refractivity contribution is 6.32. The molecule has 2 heterocycles. The first-order chi connectivity index (χ1) is 21.1. The number of pyridine rings is 2. The molecule has 0 radical (unpaired) electrons. The first kappa shape index (κ1) is 31.5. The highest BCUT2D eigenvalue weighted by atomic mass is 35.5. The minimum Gasteiger partial charge on any atom is -0.494 e. The van der Waals surface area contributed by atoms with Crippen LogP contribution >= 0.6 is 23.2 Å². The van der Waals surface area contributed by atoms with Crippen molar-refractivity contribution in [1.29, 1.82) is 0 Å². The monoisotopic (exact) mass is 635 g/mol. The van der Waals surface area contributed by atoms with Crippen molar-refractivity contribution in [2.45, 2.75) is 39.5 Å². The molecule has 1 atom stereocenters. The molecule has 0 N–H and O–H groups in total. The van der Waals surface area contributed by atoms with Gasteiger partial charge in [-0.15, -0.1) is 0 Å². The average molecular weight is 637 g/mol. The molecule has 0 fully saturated rings. The van der Waals surface area contributed by atoms with Crippen LogP contribution in [0.1, 0.15) is 52.9 Å². The lowest BCUT2D eigenvalue weighted by atomic mass is 9.90. The van der Waals surface area contributed by atoms with Gasteiger partial charge in [0.2, 0.25) is 0 Å². The summed E-state index contributed by atoms with van der Waals surface area (Å²) in [5, 5.41) is 1.17. The second-order valence-corrected chi connectivity index (χ2v) is 11.5. The smallest absolute Gasteiger partial charge is 0.145 e. The molecule has 44 heavy (non-hydrogen) atoms. The fraction of sp³-hybridized carbons (Fsp3) is 0.229. The molecule has 1 unspecified atom stereocenters. The van der Waals surface area contributed by atoms with Gasteiger partial charge in [0.1, 0.15) is 28.7 Å². The van der Waals surface area contributed by atoms with Gasteiger partial charge >= 0.3 is 0 Å². The van der Waals surface area contributed by atoms with Gasteiger partial charge in [0.15, 0.2) is 0 Å². The van der Waals surface area contributed by atoms with Crippen molar-refractivity contribution < 1.29 is 17.9 Å². The highest BCUT2D eigenvalue weighted by Gasteiger charge is 2.22. The molecule has 0 aliphatic carbocycles. The number of methoxy groups -OCH3 is 1. The number of ether oxygens (including phenoxy) is 1. The van der Waals surface area contributed by atoms with Crippen molar-refractivity contribution in [1.82, 2.24) is 9.97 Å². The van der Waals surface area contributed by atoms with Crippen LogP contribution in [0, 0.1) is 31.3 Å². The maximum absolute atomic E-state index is 15.2. The number of aromatic nitrogens is 2. The number of nitrogens with zero attached hydrogens (tertiary/aromatic N) is 3. The van der Waals surface area contributed by atoms with Crippen molar-refractivity contribution >= 4 is 40.3 Å². The molecule has 0 amide bonds. The molecule has 0 saturated heterocycles. The van der Waals surface area contributed by atoms with E-state index in [9.17, 15) is 8.78 Å². The van der Waals surface area contributed by atoms with Crippen molar-refractivity contribution in [3.8, 4) is 17.0 Å². The molecule has 226 valence electrons. The lowest BCUT2D eigenvalue weighted by molar-refractivity contribution is 0.419. The third-order valence-electron chi connectivity index (χ3n) is 7.54. The van der Waals surface area contributed by atoms with Crippen LogP contribution in [0.4, 0.5) is 13.2 Å². The van der Waals surface area contributed by atoms with Gasteiger partial charge in [-0.2, -0.15) is 0 Å². The summed E-state index contributed by atoms with van der Waals surface area (Å²) in [6.45, 7) is 6.05. The number of hydrogen-bond donors (Lipinski definition) is 0. The van der Waals surface area contributed by atoms with Gasteiger partial charge in [-0.05, 0) is 85.0 Å². The summed E-state index contributed by atoms with van der Waals surface area (Å²) in [5.41, 5.74) is 5.85. The predicted octanol–water partition coefficient (Wildman–Crippen LogP) is 9.85. The van der Waals surface area contributed by atoms with E-state index in [1.807, 2.05) is 45.0 Å². The number of fused-ring (bicyclic) bond motifs is 1. The molecule has 0 saturated carbocycles. The average Bonchev–Trinajstić information content (AvgIpc) is 2.99. The third kappa shape index (κ3) is 6.59. The second kappa shape index (κ2) is 13.4. The summed E-state index contributed by atoms with van der Waals surface area (Å²) in [6.07, 6.45) is 3.17.